The minimum Gasteiger partial charge on any atom is -0.494 e. The molecule has 9 nitrogen and oxygen atoms in total. The number of nitrogens with zero attached hydrogens (tertiary/aromatic N) is 5. The number of H-pyrrole nitrogens is 1. The summed E-state index contributed by atoms with van der Waals surface area (Å²) < 4.78 is 7.77. The fraction of sp³-hybridized carbons (Fsp3) is 0.630. The van der Waals surface area contributed by atoms with Crippen LogP contribution in [0.1, 0.15) is 88.6 Å². The summed E-state index contributed by atoms with van der Waals surface area (Å²) in [5.41, 5.74) is 1.08. The summed E-state index contributed by atoms with van der Waals surface area (Å²) in [5.74, 6) is 1.72. The number of rotatable bonds is 10. The standard InChI is InChI=1S/C27H38N6O3/c1-2-36-23-11-12-24-20(18-23)17-21(25(35)28-24)19-32(15-8-16-34)27(13-6-7-14-27)26-29-30-31-33(26)22-9-4-3-5-10-22/h11-12,17-18,22,34H,2-10,13-16,19H2,1H3,(H,28,35). The van der Waals surface area contributed by atoms with Crippen LogP contribution in [0.2, 0.25) is 0 Å². The number of ether oxygens (including phenoxy) is 1. The first-order valence-electron chi connectivity index (χ1n) is 13.6. The second-order valence-electron chi connectivity index (χ2n) is 10.3. The van der Waals surface area contributed by atoms with Crippen LogP contribution in [0.3, 0.4) is 0 Å². The van der Waals surface area contributed by atoms with E-state index >= 15 is 0 Å². The van der Waals surface area contributed by atoms with Crippen molar-refractivity contribution < 1.29 is 9.84 Å². The first-order chi connectivity index (χ1) is 17.6. The molecule has 194 valence electrons. The van der Waals surface area contributed by atoms with Crippen molar-refractivity contribution >= 4 is 10.9 Å². The number of aromatic nitrogens is 5. The Labute approximate surface area is 211 Å². The lowest BCUT2D eigenvalue weighted by atomic mass is 9.90. The number of aliphatic hydroxyl groups is 1. The Morgan fingerprint density at radius 2 is 1.97 bits per heavy atom. The maximum Gasteiger partial charge on any atom is 0.252 e. The van der Waals surface area contributed by atoms with Crippen molar-refractivity contribution in [1.82, 2.24) is 30.1 Å². The number of fused-ring (bicyclic) bond motifs is 1. The largest absolute Gasteiger partial charge is 0.494 e. The van der Waals surface area contributed by atoms with Gasteiger partial charge in [-0.3, -0.25) is 9.69 Å². The van der Waals surface area contributed by atoms with Crippen LogP contribution in [0.25, 0.3) is 10.9 Å². The highest BCUT2D eigenvalue weighted by Gasteiger charge is 2.46. The fourth-order valence-electron chi connectivity index (χ4n) is 6.23. The zero-order valence-corrected chi connectivity index (χ0v) is 21.3. The van der Waals surface area contributed by atoms with Gasteiger partial charge in [-0.25, -0.2) is 4.68 Å². The van der Waals surface area contributed by atoms with E-state index in [0.29, 0.717) is 37.7 Å². The smallest absolute Gasteiger partial charge is 0.252 e. The lowest BCUT2D eigenvalue weighted by molar-refractivity contribution is 0.0577. The molecule has 2 fully saturated rings. The van der Waals surface area contributed by atoms with Gasteiger partial charge in [0.25, 0.3) is 5.56 Å². The van der Waals surface area contributed by atoms with Crippen molar-refractivity contribution in [1.29, 1.82) is 0 Å². The lowest BCUT2D eigenvalue weighted by Gasteiger charge is -2.41. The molecule has 0 saturated heterocycles. The van der Waals surface area contributed by atoms with E-state index in [1.165, 1.54) is 19.3 Å². The van der Waals surface area contributed by atoms with Gasteiger partial charge < -0.3 is 14.8 Å². The van der Waals surface area contributed by atoms with Gasteiger partial charge in [-0.05, 0) is 73.7 Å². The Morgan fingerprint density at radius 1 is 1.17 bits per heavy atom. The molecule has 0 unspecified atom stereocenters. The summed E-state index contributed by atoms with van der Waals surface area (Å²) in [7, 11) is 0. The maximum atomic E-state index is 13.2. The Bertz CT molecular complexity index is 1210. The second-order valence-corrected chi connectivity index (χ2v) is 10.3. The number of pyridine rings is 1. The molecule has 0 bridgehead atoms. The van der Waals surface area contributed by atoms with Gasteiger partial charge in [-0.2, -0.15) is 0 Å². The number of tetrazole rings is 1. The predicted molar refractivity (Wildman–Crippen MR) is 138 cm³/mol. The van der Waals surface area contributed by atoms with Crippen LogP contribution in [0.4, 0.5) is 0 Å². The van der Waals surface area contributed by atoms with Gasteiger partial charge in [0.05, 0.1) is 18.2 Å². The summed E-state index contributed by atoms with van der Waals surface area (Å²) >= 11 is 0. The minimum atomic E-state index is -0.343. The van der Waals surface area contributed by atoms with Crippen LogP contribution < -0.4 is 10.3 Å². The van der Waals surface area contributed by atoms with Crippen LogP contribution in [-0.4, -0.2) is 55.0 Å². The van der Waals surface area contributed by atoms with Crippen LogP contribution in [0.15, 0.2) is 29.1 Å². The van der Waals surface area contributed by atoms with E-state index in [-0.39, 0.29) is 17.7 Å². The normalized spacial score (nSPS) is 18.3. The number of benzene rings is 1. The maximum absolute atomic E-state index is 13.2. The van der Waals surface area contributed by atoms with E-state index in [2.05, 4.69) is 30.1 Å². The molecule has 2 N–H and O–H groups in total. The van der Waals surface area contributed by atoms with E-state index in [4.69, 9.17) is 4.74 Å². The Balaban J connectivity index is 1.53. The number of hydrogen-bond donors (Lipinski definition) is 2. The van der Waals surface area contributed by atoms with Crippen molar-refractivity contribution in [3.63, 3.8) is 0 Å². The molecular weight excluding hydrogens is 456 g/mol. The topological polar surface area (TPSA) is 109 Å². The molecule has 5 rings (SSSR count). The zero-order valence-electron chi connectivity index (χ0n) is 21.3. The van der Waals surface area contributed by atoms with Crippen LogP contribution in [0.5, 0.6) is 5.75 Å². The molecule has 0 radical (unpaired) electrons. The molecule has 3 aromatic rings. The van der Waals surface area contributed by atoms with Crippen LogP contribution >= 0.6 is 0 Å². The number of aromatic amines is 1. The molecule has 2 saturated carbocycles. The predicted octanol–water partition coefficient (Wildman–Crippen LogP) is 4.07. The van der Waals surface area contributed by atoms with Gasteiger partial charge in [-0.1, -0.05) is 32.1 Å². The van der Waals surface area contributed by atoms with Gasteiger partial charge in [0.15, 0.2) is 5.82 Å². The minimum absolute atomic E-state index is 0.0827. The SMILES string of the molecule is CCOc1ccc2[nH]c(=O)c(CN(CCCO)C3(c4nnnn4C4CCCCC4)CCCC3)cc2c1. The Morgan fingerprint density at radius 3 is 2.72 bits per heavy atom. The fourth-order valence-corrected chi connectivity index (χ4v) is 6.23. The molecule has 2 heterocycles. The number of aliphatic hydroxyl groups excluding tert-OH is 1. The first-order valence-corrected chi connectivity index (χ1v) is 13.6. The van der Waals surface area contributed by atoms with Crippen LogP contribution in [-0.2, 0) is 12.1 Å². The van der Waals surface area contributed by atoms with Crippen molar-refractivity contribution in [3.8, 4) is 5.75 Å². The molecule has 0 aliphatic heterocycles. The van der Waals surface area contributed by atoms with Gasteiger partial charge >= 0.3 is 0 Å². The van der Waals surface area contributed by atoms with E-state index < -0.39 is 0 Å². The van der Waals surface area contributed by atoms with Crippen molar-refractivity contribution in [2.24, 2.45) is 0 Å². The van der Waals surface area contributed by atoms with Gasteiger partial charge in [0, 0.05) is 36.2 Å². The summed E-state index contributed by atoms with van der Waals surface area (Å²) in [4.78, 5) is 18.6. The Kier molecular flexibility index (Phi) is 7.67. The van der Waals surface area contributed by atoms with E-state index in [9.17, 15) is 9.90 Å². The summed E-state index contributed by atoms with van der Waals surface area (Å²) in [5, 5.41) is 23.9. The third-order valence-corrected chi connectivity index (χ3v) is 8.02. The molecule has 0 amide bonds. The van der Waals surface area contributed by atoms with Gasteiger partial charge in [0.2, 0.25) is 0 Å². The monoisotopic (exact) mass is 494 g/mol. The molecule has 2 aromatic heterocycles. The highest BCUT2D eigenvalue weighted by molar-refractivity contribution is 5.80. The zero-order chi connectivity index (χ0) is 25.0. The molecular formula is C27H38N6O3. The van der Waals surface area contributed by atoms with Gasteiger partial charge in [0.1, 0.15) is 5.75 Å². The molecule has 36 heavy (non-hydrogen) atoms. The molecule has 2 aliphatic rings. The average molecular weight is 495 g/mol. The summed E-state index contributed by atoms with van der Waals surface area (Å²) in [6.07, 6.45) is 10.6. The van der Waals surface area contributed by atoms with Crippen molar-refractivity contribution in [2.75, 3.05) is 19.8 Å². The summed E-state index contributed by atoms with van der Waals surface area (Å²) in [6, 6.07) is 8.07. The quantitative estimate of drug-likeness (QED) is 0.437. The van der Waals surface area contributed by atoms with Crippen molar-refractivity contribution in [3.05, 3.63) is 46.0 Å². The average Bonchev–Trinajstić information content (AvgIpc) is 3.58. The molecule has 2 aliphatic carbocycles. The van der Waals surface area contributed by atoms with Crippen molar-refractivity contribution in [2.45, 2.75) is 89.3 Å². The number of nitrogens with one attached hydrogen (secondary N) is 1. The summed E-state index contributed by atoms with van der Waals surface area (Å²) in [6.45, 7) is 3.80. The third kappa shape index (κ3) is 4.91. The number of hydrogen-bond acceptors (Lipinski definition) is 7. The molecule has 0 atom stereocenters. The lowest BCUT2D eigenvalue weighted by Crippen LogP contribution is -2.47. The highest BCUT2D eigenvalue weighted by atomic mass is 16.5. The highest BCUT2D eigenvalue weighted by Crippen LogP contribution is 2.45. The van der Waals surface area contributed by atoms with Crippen LogP contribution in [0, 0.1) is 0 Å². The van der Waals surface area contributed by atoms with E-state index in [0.717, 1.165) is 61.0 Å². The molecule has 9 heteroatoms. The second kappa shape index (κ2) is 11.1. The van der Waals surface area contributed by atoms with E-state index in [1.807, 2.05) is 31.2 Å². The molecule has 0 spiro atoms. The van der Waals surface area contributed by atoms with E-state index in [1.54, 1.807) is 0 Å². The van der Waals surface area contributed by atoms with Gasteiger partial charge in [-0.15, -0.1) is 5.10 Å². The first kappa shape index (κ1) is 24.9. The third-order valence-electron chi connectivity index (χ3n) is 8.02. The Hall–Kier alpha value is -2.78. The molecule has 1 aromatic carbocycles.